The molecule has 0 aliphatic rings. The summed E-state index contributed by atoms with van der Waals surface area (Å²) >= 11 is 0. The normalized spacial score (nSPS) is 10.2. The number of anilines is 1. The third-order valence-electron chi connectivity index (χ3n) is 3.98. The van der Waals surface area contributed by atoms with Gasteiger partial charge in [-0.3, -0.25) is 9.78 Å². The van der Waals surface area contributed by atoms with Gasteiger partial charge in [0.05, 0.1) is 6.61 Å². The van der Waals surface area contributed by atoms with Crippen molar-refractivity contribution in [2.24, 2.45) is 0 Å². The van der Waals surface area contributed by atoms with Crippen molar-refractivity contribution in [1.29, 1.82) is 0 Å². The number of hydrogen-bond donors (Lipinski definition) is 1. The number of ether oxygens (including phenoxy) is 3. The van der Waals surface area contributed by atoms with Gasteiger partial charge in [-0.1, -0.05) is 18.2 Å². The summed E-state index contributed by atoms with van der Waals surface area (Å²) in [6.07, 6.45) is 3.43. The van der Waals surface area contributed by atoms with Gasteiger partial charge in [-0.15, -0.1) is 0 Å². The molecule has 1 heterocycles. The fourth-order valence-electron chi connectivity index (χ4n) is 2.59. The van der Waals surface area contributed by atoms with Crippen LogP contribution in [0.2, 0.25) is 0 Å². The Balaban J connectivity index is 1.59. The van der Waals surface area contributed by atoms with Gasteiger partial charge in [-0.2, -0.15) is 0 Å². The van der Waals surface area contributed by atoms with Gasteiger partial charge in [-0.25, -0.2) is 4.79 Å². The number of nitrogens with zero attached hydrogens (tertiary/aromatic N) is 1. The summed E-state index contributed by atoms with van der Waals surface area (Å²) in [5, 5.41) is 2.81. The van der Waals surface area contributed by atoms with E-state index in [9.17, 15) is 9.59 Å². The number of amides is 1. The van der Waals surface area contributed by atoms with Crippen molar-refractivity contribution in [3.05, 3.63) is 84.2 Å². The predicted molar refractivity (Wildman–Crippen MR) is 112 cm³/mol. The van der Waals surface area contributed by atoms with Crippen LogP contribution in [0.4, 0.5) is 5.69 Å². The quantitative estimate of drug-likeness (QED) is 0.543. The van der Waals surface area contributed by atoms with Crippen LogP contribution in [0.15, 0.2) is 73.1 Å². The third kappa shape index (κ3) is 6.34. The summed E-state index contributed by atoms with van der Waals surface area (Å²) in [6, 6.07) is 17.5. The van der Waals surface area contributed by atoms with Crippen LogP contribution >= 0.6 is 0 Å². The summed E-state index contributed by atoms with van der Waals surface area (Å²) in [5.74, 6) is 0.298. The van der Waals surface area contributed by atoms with E-state index < -0.39 is 5.97 Å². The van der Waals surface area contributed by atoms with E-state index in [0.717, 1.165) is 5.56 Å². The largest absolute Gasteiger partial charge is 0.489 e. The molecule has 2 aromatic carbocycles. The summed E-state index contributed by atoms with van der Waals surface area (Å²) < 4.78 is 16.0. The van der Waals surface area contributed by atoms with Crippen molar-refractivity contribution < 1.29 is 23.8 Å². The zero-order chi connectivity index (χ0) is 21.2. The molecule has 0 unspecified atom stereocenters. The molecule has 0 spiro atoms. The maximum absolute atomic E-state index is 12.6. The lowest BCUT2D eigenvalue weighted by atomic mass is 10.2. The molecule has 0 saturated heterocycles. The summed E-state index contributed by atoms with van der Waals surface area (Å²) in [6.45, 7) is 2.19. The van der Waals surface area contributed by atoms with Gasteiger partial charge in [0.15, 0.2) is 6.61 Å². The van der Waals surface area contributed by atoms with E-state index in [1.54, 1.807) is 67.8 Å². The highest BCUT2D eigenvalue weighted by Crippen LogP contribution is 2.20. The highest BCUT2D eigenvalue weighted by Gasteiger charge is 2.09. The van der Waals surface area contributed by atoms with Crippen LogP contribution in [-0.2, 0) is 16.1 Å². The molecule has 0 fully saturated rings. The number of hydrogen-bond acceptors (Lipinski definition) is 6. The van der Waals surface area contributed by atoms with Gasteiger partial charge in [0, 0.05) is 35.3 Å². The third-order valence-corrected chi connectivity index (χ3v) is 3.98. The first-order chi connectivity index (χ1) is 14.6. The highest BCUT2D eigenvalue weighted by atomic mass is 16.6. The van der Waals surface area contributed by atoms with Crippen molar-refractivity contribution in [3.63, 3.8) is 0 Å². The summed E-state index contributed by atoms with van der Waals surface area (Å²) in [5.41, 5.74) is 1.94. The minimum absolute atomic E-state index is 0.193. The molecule has 7 heteroatoms. The number of aromatic nitrogens is 1. The molecule has 0 radical (unpaired) electrons. The molecule has 7 nitrogen and oxygen atoms in total. The topological polar surface area (TPSA) is 86.8 Å². The van der Waals surface area contributed by atoms with Crippen LogP contribution in [0, 0.1) is 0 Å². The van der Waals surface area contributed by atoms with Crippen LogP contribution in [0.25, 0.3) is 0 Å². The van der Waals surface area contributed by atoms with Crippen LogP contribution < -0.4 is 14.8 Å². The second-order valence-electron chi connectivity index (χ2n) is 6.25. The average Bonchev–Trinajstić information content (AvgIpc) is 2.78. The van der Waals surface area contributed by atoms with Crippen LogP contribution in [0.5, 0.6) is 11.5 Å². The molecule has 1 amide bonds. The van der Waals surface area contributed by atoms with E-state index in [0.29, 0.717) is 36.0 Å². The fraction of sp³-hybridized carbons (Fsp3) is 0.174. The molecule has 0 atom stereocenters. The molecule has 154 valence electrons. The lowest BCUT2D eigenvalue weighted by Crippen LogP contribution is -2.15. The van der Waals surface area contributed by atoms with Crippen molar-refractivity contribution in [1.82, 2.24) is 4.98 Å². The first-order valence-electron chi connectivity index (χ1n) is 9.45. The minimum Gasteiger partial charge on any atom is -0.489 e. The number of carbonyl (C=O) groups excluding carboxylic acids is 2. The van der Waals surface area contributed by atoms with Crippen LogP contribution in [-0.4, -0.2) is 30.1 Å². The summed E-state index contributed by atoms with van der Waals surface area (Å²) in [7, 11) is 0. The lowest BCUT2D eigenvalue weighted by molar-refractivity contribution is -0.145. The molecule has 0 bridgehead atoms. The molecular formula is C23H22N2O5. The maximum Gasteiger partial charge on any atom is 0.344 e. The zero-order valence-corrected chi connectivity index (χ0v) is 16.5. The van der Waals surface area contributed by atoms with Crippen LogP contribution in [0.1, 0.15) is 22.8 Å². The Labute approximate surface area is 174 Å². The van der Waals surface area contributed by atoms with Gasteiger partial charge in [-0.05, 0) is 43.3 Å². The number of carbonyl (C=O) groups is 2. The van der Waals surface area contributed by atoms with Crippen molar-refractivity contribution in [2.75, 3.05) is 18.5 Å². The molecular weight excluding hydrogens is 384 g/mol. The average molecular weight is 406 g/mol. The Morgan fingerprint density at radius 3 is 2.53 bits per heavy atom. The van der Waals surface area contributed by atoms with Crippen molar-refractivity contribution in [2.45, 2.75) is 13.5 Å². The standard InChI is InChI=1S/C23H22N2O5/c1-2-28-22(26)16-30-21-10-4-8-19(13-21)25-23(27)18-7-3-9-20(12-18)29-15-17-6-5-11-24-14-17/h3-14H,2,15-16H2,1H3,(H,25,27). The molecule has 0 saturated carbocycles. The van der Waals surface area contributed by atoms with Gasteiger partial charge in [0.1, 0.15) is 18.1 Å². The Bertz CT molecular complexity index is 992. The first-order valence-corrected chi connectivity index (χ1v) is 9.45. The molecule has 0 aliphatic carbocycles. The Morgan fingerprint density at radius 1 is 0.967 bits per heavy atom. The van der Waals surface area contributed by atoms with E-state index in [1.165, 1.54) is 0 Å². The predicted octanol–water partition coefficient (Wildman–Crippen LogP) is 3.85. The minimum atomic E-state index is -0.449. The molecule has 1 aromatic heterocycles. The van der Waals surface area contributed by atoms with Gasteiger partial charge in [0.2, 0.25) is 0 Å². The summed E-state index contributed by atoms with van der Waals surface area (Å²) in [4.78, 5) is 28.1. The van der Waals surface area contributed by atoms with E-state index in [-0.39, 0.29) is 12.5 Å². The smallest absolute Gasteiger partial charge is 0.344 e. The lowest BCUT2D eigenvalue weighted by Gasteiger charge is -2.10. The van der Waals surface area contributed by atoms with E-state index >= 15 is 0 Å². The van der Waals surface area contributed by atoms with Gasteiger partial charge >= 0.3 is 5.97 Å². The van der Waals surface area contributed by atoms with E-state index in [4.69, 9.17) is 14.2 Å². The molecule has 0 aliphatic heterocycles. The maximum atomic E-state index is 12.6. The number of pyridine rings is 1. The monoisotopic (exact) mass is 406 g/mol. The van der Waals surface area contributed by atoms with Gasteiger partial charge < -0.3 is 19.5 Å². The number of nitrogens with one attached hydrogen (secondary N) is 1. The second kappa shape index (κ2) is 10.6. The van der Waals surface area contributed by atoms with Gasteiger partial charge in [0.25, 0.3) is 5.91 Å². The van der Waals surface area contributed by atoms with Crippen LogP contribution in [0.3, 0.4) is 0 Å². The first kappa shape index (κ1) is 20.9. The molecule has 3 aromatic rings. The fourth-order valence-corrected chi connectivity index (χ4v) is 2.59. The number of rotatable bonds is 9. The number of benzene rings is 2. The zero-order valence-electron chi connectivity index (χ0n) is 16.5. The molecule has 30 heavy (non-hydrogen) atoms. The Hall–Kier alpha value is -3.87. The highest BCUT2D eigenvalue weighted by molar-refractivity contribution is 6.04. The van der Waals surface area contributed by atoms with Crippen molar-refractivity contribution >= 4 is 17.6 Å². The molecule has 1 N–H and O–H groups in total. The second-order valence-corrected chi connectivity index (χ2v) is 6.25. The SMILES string of the molecule is CCOC(=O)COc1cccc(NC(=O)c2cccc(OCc3cccnc3)c2)c1. The molecule has 3 rings (SSSR count). The van der Waals surface area contributed by atoms with Crippen molar-refractivity contribution in [3.8, 4) is 11.5 Å². The van der Waals surface area contributed by atoms with E-state index in [1.807, 2.05) is 12.1 Å². The van der Waals surface area contributed by atoms with E-state index in [2.05, 4.69) is 10.3 Å². The Morgan fingerprint density at radius 2 is 1.77 bits per heavy atom. The number of esters is 1. The Kier molecular flexibility index (Phi) is 7.38.